The van der Waals surface area contributed by atoms with Crippen LogP contribution in [0.3, 0.4) is 0 Å². The monoisotopic (exact) mass is 378 g/mol. The molecule has 1 aromatic heterocycles. The molecule has 2 aromatic carbocycles. The molecular formula is C24H27FN2O. The molecule has 0 N–H and O–H groups in total. The van der Waals surface area contributed by atoms with Crippen LogP contribution < -0.4 is 0 Å². The number of ether oxygens (including phenoxy) is 1. The summed E-state index contributed by atoms with van der Waals surface area (Å²) in [6.45, 7) is 9.26. The van der Waals surface area contributed by atoms with Gasteiger partial charge in [-0.15, -0.1) is 0 Å². The molecule has 2 aliphatic heterocycles. The lowest BCUT2D eigenvalue weighted by atomic mass is 9.94. The van der Waals surface area contributed by atoms with Crippen molar-refractivity contribution in [3.05, 3.63) is 70.2 Å². The molecule has 0 saturated heterocycles. The first-order chi connectivity index (χ1) is 13.4. The summed E-state index contributed by atoms with van der Waals surface area (Å²) in [5.41, 5.74) is 7.27. The van der Waals surface area contributed by atoms with Gasteiger partial charge in [-0.1, -0.05) is 23.8 Å². The van der Waals surface area contributed by atoms with E-state index in [1.165, 1.54) is 45.4 Å². The maximum Gasteiger partial charge on any atom is 0.123 e. The van der Waals surface area contributed by atoms with E-state index in [1.54, 1.807) is 0 Å². The van der Waals surface area contributed by atoms with Crippen LogP contribution in [0.5, 0.6) is 0 Å². The Balaban J connectivity index is 1.76. The highest BCUT2D eigenvalue weighted by Gasteiger charge is 2.37. The average Bonchev–Trinajstić information content (AvgIpc) is 2.87. The fourth-order valence-corrected chi connectivity index (χ4v) is 5.14. The molecule has 0 aliphatic carbocycles. The van der Waals surface area contributed by atoms with Crippen molar-refractivity contribution in [1.82, 2.24) is 9.47 Å². The molecule has 2 aliphatic rings. The molecule has 0 saturated carbocycles. The topological polar surface area (TPSA) is 17.4 Å². The van der Waals surface area contributed by atoms with E-state index in [1.807, 2.05) is 12.1 Å². The number of rotatable bonds is 1. The largest absolute Gasteiger partial charge is 0.361 e. The zero-order valence-corrected chi connectivity index (χ0v) is 17.1. The van der Waals surface area contributed by atoms with Gasteiger partial charge < -0.3 is 14.2 Å². The third-order valence-electron chi connectivity index (χ3n) is 6.50. The van der Waals surface area contributed by atoms with E-state index >= 15 is 0 Å². The van der Waals surface area contributed by atoms with Crippen molar-refractivity contribution in [1.29, 1.82) is 0 Å². The zero-order chi connectivity index (χ0) is 19.6. The molecule has 0 amide bonds. The van der Waals surface area contributed by atoms with E-state index in [2.05, 4.69) is 49.4 Å². The molecule has 0 radical (unpaired) electrons. The molecule has 0 spiro atoms. The summed E-state index contributed by atoms with van der Waals surface area (Å²) in [5, 5.41) is 1.37. The van der Waals surface area contributed by atoms with E-state index in [4.69, 9.17) is 4.74 Å². The Kier molecular flexibility index (Phi) is 3.94. The van der Waals surface area contributed by atoms with Crippen LogP contribution in [0.2, 0.25) is 0 Å². The van der Waals surface area contributed by atoms with Gasteiger partial charge in [-0.2, -0.15) is 0 Å². The summed E-state index contributed by atoms with van der Waals surface area (Å²) >= 11 is 0. The van der Waals surface area contributed by atoms with Gasteiger partial charge >= 0.3 is 0 Å². The van der Waals surface area contributed by atoms with E-state index in [0.717, 1.165) is 31.6 Å². The zero-order valence-electron chi connectivity index (χ0n) is 17.1. The molecule has 28 heavy (non-hydrogen) atoms. The number of halogens is 1. The number of fused-ring (bicyclic) bond motifs is 3. The van der Waals surface area contributed by atoms with Crippen molar-refractivity contribution >= 4 is 10.9 Å². The second kappa shape index (κ2) is 6.16. The van der Waals surface area contributed by atoms with Crippen LogP contribution in [-0.4, -0.2) is 23.1 Å². The van der Waals surface area contributed by atoms with Crippen LogP contribution in [0.25, 0.3) is 10.9 Å². The van der Waals surface area contributed by atoms with Gasteiger partial charge in [0.15, 0.2) is 0 Å². The molecule has 146 valence electrons. The summed E-state index contributed by atoms with van der Waals surface area (Å²) in [6, 6.07) is 11.4. The average molecular weight is 378 g/mol. The quantitative estimate of drug-likeness (QED) is 0.587. The standard InChI is InChI=1S/C24H27FN2O/c1-15-11-19-16(2)28-24(3,17-5-7-18(25)8-6-17)14-27-22-9-10-26(4)13-21(22)20(12-15)23(19)27/h5-8,11-12,16H,9-10,13-14H2,1-4H3. The molecule has 0 fully saturated rings. The van der Waals surface area contributed by atoms with E-state index in [-0.39, 0.29) is 11.9 Å². The highest BCUT2D eigenvalue weighted by molar-refractivity contribution is 5.90. The Morgan fingerprint density at radius 2 is 1.93 bits per heavy atom. The molecule has 0 bridgehead atoms. The number of aryl methyl sites for hydroxylation is 1. The third-order valence-corrected chi connectivity index (χ3v) is 6.50. The van der Waals surface area contributed by atoms with Gasteiger partial charge in [0.2, 0.25) is 0 Å². The molecule has 3 nitrogen and oxygen atoms in total. The van der Waals surface area contributed by atoms with Crippen LogP contribution in [0, 0.1) is 12.7 Å². The number of nitrogens with zero attached hydrogens (tertiary/aromatic N) is 2. The predicted molar refractivity (Wildman–Crippen MR) is 110 cm³/mol. The van der Waals surface area contributed by atoms with Gasteiger partial charge in [0, 0.05) is 36.2 Å². The first-order valence-corrected chi connectivity index (χ1v) is 10.1. The Bertz CT molecular complexity index is 1070. The van der Waals surface area contributed by atoms with Gasteiger partial charge in [-0.3, -0.25) is 0 Å². The number of likely N-dealkylation sites (N-methyl/N-ethyl adjacent to an activating group) is 1. The third kappa shape index (κ3) is 2.62. The van der Waals surface area contributed by atoms with Gasteiger partial charge in [0.05, 0.1) is 18.2 Å². The summed E-state index contributed by atoms with van der Waals surface area (Å²) < 4.78 is 22.7. The smallest absolute Gasteiger partial charge is 0.123 e. The summed E-state index contributed by atoms with van der Waals surface area (Å²) in [6.07, 6.45) is 1.01. The minimum absolute atomic E-state index is 0.0345. The fraction of sp³-hybridized carbons (Fsp3) is 0.417. The lowest BCUT2D eigenvalue weighted by Crippen LogP contribution is -2.33. The first-order valence-electron chi connectivity index (χ1n) is 10.1. The minimum atomic E-state index is -0.511. The Hall–Kier alpha value is -2.17. The Morgan fingerprint density at radius 1 is 1.18 bits per heavy atom. The summed E-state index contributed by atoms with van der Waals surface area (Å²) in [7, 11) is 2.20. The van der Waals surface area contributed by atoms with Crippen molar-refractivity contribution in [3.8, 4) is 0 Å². The molecular weight excluding hydrogens is 351 g/mol. The van der Waals surface area contributed by atoms with Crippen LogP contribution in [0.4, 0.5) is 4.39 Å². The summed E-state index contributed by atoms with van der Waals surface area (Å²) in [4.78, 5) is 2.40. The normalized spacial score (nSPS) is 25.0. The number of hydrogen-bond donors (Lipinski definition) is 0. The van der Waals surface area contributed by atoms with Crippen LogP contribution in [0.1, 0.15) is 47.9 Å². The number of aromatic nitrogens is 1. The molecule has 2 unspecified atom stereocenters. The molecule has 5 rings (SSSR count). The number of hydrogen-bond acceptors (Lipinski definition) is 2. The first kappa shape index (κ1) is 17.9. The Morgan fingerprint density at radius 3 is 2.68 bits per heavy atom. The molecule has 3 heterocycles. The van der Waals surface area contributed by atoms with Crippen molar-refractivity contribution in [2.45, 2.75) is 52.0 Å². The number of benzene rings is 2. The Labute approximate surface area is 165 Å². The van der Waals surface area contributed by atoms with Crippen molar-refractivity contribution < 1.29 is 9.13 Å². The van der Waals surface area contributed by atoms with E-state index in [0.29, 0.717) is 0 Å². The van der Waals surface area contributed by atoms with Crippen molar-refractivity contribution in [3.63, 3.8) is 0 Å². The highest BCUT2D eigenvalue weighted by atomic mass is 19.1. The SMILES string of the molecule is Cc1cc2c3c(c1)c1c(n3CC(C)(c3ccc(F)cc3)OC2C)CCN(C)C1. The van der Waals surface area contributed by atoms with Crippen LogP contribution >= 0.6 is 0 Å². The fourth-order valence-electron chi connectivity index (χ4n) is 5.14. The van der Waals surface area contributed by atoms with Crippen molar-refractivity contribution in [2.75, 3.05) is 13.6 Å². The molecule has 3 aromatic rings. The van der Waals surface area contributed by atoms with E-state index < -0.39 is 5.60 Å². The van der Waals surface area contributed by atoms with Gasteiger partial charge in [-0.25, -0.2) is 4.39 Å². The maximum atomic E-state index is 13.5. The van der Waals surface area contributed by atoms with Crippen LogP contribution in [0.15, 0.2) is 36.4 Å². The maximum absolute atomic E-state index is 13.5. The lowest BCUT2D eigenvalue weighted by Gasteiger charge is -2.33. The second-order valence-corrected chi connectivity index (χ2v) is 8.75. The summed E-state index contributed by atoms with van der Waals surface area (Å²) in [5.74, 6) is -0.211. The molecule has 4 heteroatoms. The van der Waals surface area contributed by atoms with Gasteiger partial charge in [-0.05, 0) is 57.1 Å². The lowest BCUT2D eigenvalue weighted by molar-refractivity contribution is -0.0883. The second-order valence-electron chi connectivity index (χ2n) is 8.75. The predicted octanol–water partition coefficient (Wildman–Crippen LogP) is 5.08. The van der Waals surface area contributed by atoms with Crippen molar-refractivity contribution in [2.24, 2.45) is 0 Å². The van der Waals surface area contributed by atoms with E-state index in [9.17, 15) is 4.39 Å². The minimum Gasteiger partial charge on any atom is -0.361 e. The van der Waals surface area contributed by atoms with Crippen LogP contribution in [-0.2, 0) is 29.8 Å². The molecule has 2 atom stereocenters. The highest BCUT2D eigenvalue weighted by Crippen LogP contribution is 2.44. The van der Waals surface area contributed by atoms with Gasteiger partial charge in [0.25, 0.3) is 0 Å². The van der Waals surface area contributed by atoms with Gasteiger partial charge in [0.1, 0.15) is 11.4 Å².